The van der Waals surface area contributed by atoms with Gasteiger partial charge in [0.05, 0.1) is 0 Å². The molecule has 0 amide bonds. The molecule has 0 saturated carbocycles. The quantitative estimate of drug-likeness (QED) is 0.0343. The molecule has 0 heterocycles. The van der Waals surface area contributed by atoms with Gasteiger partial charge in [-0.25, -0.2) is 0 Å². The lowest BCUT2D eigenvalue weighted by molar-refractivity contribution is -0.167. The Morgan fingerprint density at radius 3 is 0.864 bits per heavy atom. The zero-order valence-corrected chi connectivity index (χ0v) is 45.3. The fourth-order valence-electron chi connectivity index (χ4n) is 9.20. The molecule has 1 unspecified atom stereocenters. The number of carbonyl (C=O) groups excluding carboxylic acids is 3. The second-order valence-electron chi connectivity index (χ2n) is 21.4. The van der Waals surface area contributed by atoms with E-state index in [2.05, 4.69) is 34.6 Å². The van der Waals surface area contributed by atoms with Crippen LogP contribution in [0.25, 0.3) is 0 Å². The van der Waals surface area contributed by atoms with Crippen molar-refractivity contribution in [3.05, 3.63) is 0 Å². The Morgan fingerprint density at radius 1 is 0.318 bits per heavy atom. The highest BCUT2D eigenvalue weighted by molar-refractivity contribution is 5.71. The summed E-state index contributed by atoms with van der Waals surface area (Å²) in [6.07, 6.45) is 56.7. The Hall–Kier alpha value is -1.59. The highest BCUT2D eigenvalue weighted by Gasteiger charge is 2.19. The van der Waals surface area contributed by atoms with E-state index in [1.165, 1.54) is 225 Å². The van der Waals surface area contributed by atoms with Gasteiger partial charge in [-0.3, -0.25) is 14.4 Å². The van der Waals surface area contributed by atoms with Crippen LogP contribution in [-0.2, 0) is 28.6 Å². The summed E-state index contributed by atoms with van der Waals surface area (Å²) in [5.74, 6) is 0.853. The van der Waals surface area contributed by atoms with Crippen LogP contribution < -0.4 is 0 Å². The molecule has 0 radical (unpaired) electrons. The Bertz CT molecular complexity index is 1010. The van der Waals surface area contributed by atoms with Crippen molar-refractivity contribution >= 4 is 17.9 Å². The second kappa shape index (κ2) is 52.8. The Balaban J connectivity index is 4.27. The van der Waals surface area contributed by atoms with Crippen molar-refractivity contribution in [2.75, 3.05) is 13.2 Å². The molecule has 0 aliphatic rings. The van der Waals surface area contributed by atoms with Gasteiger partial charge < -0.3 is 14.2 Å². The normalized spacial score (nSPS) is 12.5. The van der Waals surface area contributed by atoms with E-state index in [-0.39, 0.29) is 31.1 Å². The van der Waals surface area contributed by atoms with Gasteiger partial charge in [-0.1, -0.05) is 298 Å². The van der Waals surface area contributed by atoms with Gasteiger partial charge in [-0.05, 0) is 31.1 Å². The molecule has 0 N–H and O–H groups in total. The Labute approximate surface area is 412 Å². The third kappa shape index (κ3) is 51.8. The van der Waals surface area contributed by atoms with Gasteiger partial charge in [0.1, 0.15) is 13.2 Å². The lowest BCUT2D eigenvalue weighted by Gasteiger charge is -2.18. The number of esters is 3. The molecule has 0 aromatic heterocycles. The van der Waals surface area contributed by atoms with E-state index in [0.29, 0.717) is 19.3 Å². The minimum Gasteiger partial charge on any atom is -0.462 e. The summed E-state index contributed by atoms with van der Waals surface area (Å²) in [6.45, 7) is 11.4. The SMILES string of the molecule is CCCCCCCCCCCCCCCCCCCCCC(=O)O[C@@H](COC(=O)CCCCCCCCCCCCCCCCC(C)C)COC(=O)CCCCCCCCCCC(C)CC. The highest BCUT2D eigenvalue weighted by Crippen LogP contribution is 2.19. The summed E-state index contributed by atoms with van der Waals surface area (Å²) in [5, 5.41) is 0. The summed E-state index contributed by atoms with van der Waals surface area (Å²) in [7, 11) is 0. The molecule has 2 atom stereocenters. The van der Waals surface area contributed by atoms with Crippen LogP contribution in [0.15, 0.2) is 0 Å². The molecule has 392 valence electrons. The molecule has 0 spiro atoms. The summed E-state index contributed by atoms with van der Waals surface area (Å²) in [5.41, 5.74) is 0. The van der Waals surface area contributed by atoms with Gasteiger partial charge in [0.2, 0.25) is 0 Å². The first-order valence-corrected chi connectivity index (χ1v) is 29.8. The minimum atomic E-state index is -0.763. The van der Waals surface area contributed by atoms with Crippen molar-refractivity contribution < 1.29 is 28.6 Å². The maximum Gasteiger partial charge on any atom is 0.306 e. The fraction of sp³-hybridized carbons (Fsp3) is 0.950. The molecular formula is C60H116O6. The number of carbonyl (C=O) groups is 3. The summed E-state index contributed by atoms with van der Waals surface area (Å²) < 4.78 is 16.9. The largest absolute Gasteiger partial charge is 0.462 e. The van der Waals surface area contributed by atoms with Crippen molar-refractivity contribution in [3.8, 4) is 0 Å². The monoisotopic (exact) mass is 933 g/mol. The van der Waals surface area contributed by atoms with Crippen molar-refractivity contribution in [1.29, 1.82) is 0 Å². The maximum absolute atomic E-state index is 12.9. The van der Waals surface area contributed by atoms with Gasteiger partial charge in [-0.2, -0.15) is 0 Å². The number of rotatable bonds is 54. The van der Waals surface area contributed by atoms with Gasteiger partial charge in [0, 0.05) is 19.3 Å². The molecule has 0 aromatic carbocycles. The molecule has 0 rings (SSSR count). The zero-order chi connectivity index (χ0) is 48.2. The van der Waals surface area contributed by atoms with Crippen LogP contribution in [0.4, 0.5) is 0 Å². The van der Waals surface area contributed by atoms with Crippen LogP contribution >= 0.6 is 0 Å². The van der Waals surface area contributed by atoms with Crippen LogP contribution in [0.2, 0.25) is 0 Å². The van der Waals surface area contributed by atoms with E-state index in [0.717, 1.165) is 69.6 Å². The average molecular weight is 934 g/mol. The van der Waals surface area contributed by atoms with E-state index in [1.807, 2.05) is 0 Å². The molecule has 0 aromatic rings. The predicted octanol–water partition coefficient (Wildman–Crippen LogP) is 19.7. The Kier molecular flexibility index (Phi) is 51.5. The molecule has 0 aliphatic carbocycles. The third-order valence-corrected chi connectivity index (χ3v) is 14.1. The van der Waals surface area contributed by atoms with Gasteiger partial charge in [-0.15, -0.1) is 0 Å². The van der Waals surface area contributed by atoms with E-state index >= 15 is 0 Å². The van der Waals surface area contributed by atoms with Gasteiger partial charge in [0.25, 0.3) is 0 Å². The van der Waals surface area contributed by atoms with Crippen molar-refractivity contribution in [3.63, 3.8) is 0 Å². The number of hydrogen-bond acceptors (Lipinski definition) is 6. The van der Waals surface area contributed by atoms with E-state index < -0.39 is 6.10 Å². The fourth-order valence-corrected chi connectivity index (χ4v) is 9.20. The first kappa shape index (κ1) is 64.4. The highest BCUT2D eigenvalue weighted by atomic mass is 16.6. The maximum atomic E-state index is 12.9. The molecule has 0 fully saturated rings. The Morgan fingerprint density at radius 2 is 0.576 bits per heavy atom. The summed E-state index contributed by atoms with van der Waals surface area (Å²) in [6, 6.07) is 0. The lowest BCUT2D eigenvalue weighted by Crippen LogP contribution is -2.30. The van der Waals surface area contributed by atoms with Crippen LogP contribution in [-0.4, -0.2) is 37.2 Å². The molecular weight excluding hydrogens is 817 g/mol. The average Bonchev–Trinajstić information content (AvgIpc) is 3.30. The molecule has 0 aliphatic heterocycles. The summed E-state index contributed by atoms with van der Waals surface area (Å²) in [4.78, 5) is 38.2. The first-order valence-electron chi connectivity index (χ1n) is 29.8. The number of ether oxygens (including phenoxy) is 3. The van der Waals surface area contributed by atoms with Crippen molar-refractivity contribution in [2.45, 2.75) is 343 Å². The smallest absolute Gasteiger partial charge is 0.306 e. The second-order valence-corrected chi connectivity index (χ2v) is 21.4. The standard InChI is InChI=1S/C60H116O6/c1-6-8-9-10-11-12-13-14-15-16-17-18-19-24-27-30-37-42-47-52-60(63)66-57(54-65-59(62)51-46-41-36-32-31-34-39-44-49-56(5)7-2)53-64-58(61)50-45-40-35-29-26-23-21-20-22-25-28-33-38-43-48-55(3)4/h55-57H,6-54H2,1-5H3/t56?,57-/m0/s1. The molecule has 0 saturated heterocycles. The van der Waals surface area contributed by atoms with Crippen molar-refractivity contribution in [2.24, 2.45) is 11.8 Å². The van der Waals surface area contributed by atoms with Crippen LogP contribution in [0, 0.1) is 11.8 Å². The van der Waals surface area contributed by atoms with Gasteiger partial charge >= 0.3 is 17.9 Å². The topological polar surface area (TPSA) is 78.9 Å². The van der Waals surface area contributed by atoms with Crippen LogP contribution in [0.3, 0.4) is 0 Å². The number of unbranched alkanes of at least 4 members (excludes halogenated alkanes) is 38. The predicted molar refractivity (Wildman–Crippen MR) is 284 cm³/mol. The summed E-state index contributed by atoms with van der Waals surface area (Å²) >= 11 is 0. The van der Waals surface area contributed by atoms with E-state index in [1.54, 1.807) is 0 Å². The van der Waals surface area contributed by atoms with Crippen molar-refractivity contribution in [1.82, 2.24) is 0 Å². The van der Waals surface area contributed by atoms with Gasteiger partial charge in [0.15, 0.2) is 6.10 Å². The number of hydrogen-bond donors (Lipinski definition) is 0. The van der Waals surface area contributed by atoms with E-state index in [9.17, 15) is 14.4 Å². The molecule has 6 heteroatoms. The zero-order valence-electron chi connectivity index (χ0n) is 45.3. The third-order valence-electron chi connectivity index (χ3n) is 14.1. The molecule has 0 bridgehead atoms. The first-order chi connectivity index (χ1) is 32.3. The lowest BCUT2D eigenvalue weighted by atomic mass is 9.99. The van der Waals surface area contributed by atoms with E-state index in [4.69, 9.17) is 14.2 Å². The molecule has 66 heavy (non-hydrogen) atoms. The van der Waals surface area contributed by atoms with Crippen LogP contribution in [0.5, 0.6) is 0 Å². The van der Waals surface area contributed by atoms with Crippen LogP contribution in [0.1, 0.15) is 336 Å². The molecule has 6 nitrogen and oxygen atoms in total. The minimum absolute atomic E-state index is 0.0630.